The summed E-state index contributed by atoms with van der Waals surface area (Å²) < 4.78 is 4.12. The van der Waals surface area contributed by atoms with E-state index in [2.05, 4.69) is 26.7 Å². The van der Waals surface area contributed by atoms with Crippen molar-refractivity contribution in [3.05, 3.63) is 56.7 Å². The minimum absolute atomic E-state index is 0.206. The van der Waals surface area contributed by atoms with Gasteiger partial charge in [0.05, 0.1) is 12.2 Å². The Morgan fingerprint density at radius 3 is 2.93 bits per heavy atom. The van der Waals surface area contributed by atoms with Gasteiger partial charge in [-0.3, -0.25) is 18.9 Å². The summed E-state index contributed by atoms with van der Waals surface area (Å²) in [5, 5.41) is 4.88. The topological polar surface area (TPSA) is 71.6 Å². The molecule has 0 aliphatic carbocycles. The van der Waals surface area contributed by atoms with Gasteiger partial charge in [0.15, 0.2) is 10.4 Å². The van der Waals surface area contributed by atoms with Gasteiger partial charge in [-0.1, -0.05) is 13.8 Å². The number of rotatable bonds is 7. The van der Waals surface area contributed by atoms with Crippen LogP contribution in [0.25, 0.3) is 4.96 Å². The van der Waals surface area contributed by atoms with E-state index in [1.54, 1.807) is 17.4 Å². The molecule has 0 spiro atoms. The summed E-state index contributed by atoms with van der Waals surface area (Å²) in [4.78, 5) is 33.7. The van der Waals surface area contributed by atoms with Gasteiger partial charge in [0.2, 0.25) is 0 Å². The summed E-state index contributed by atoms with van der Waals surface area (Å²) in [5.74, 6) is -0.319. The molecule has 3 aromatic heterocycles. The van der Waals surface area contributed by atoms with Crippen molar-refractivity contribution in [3.8, 4) is 0 Å². The molecule has 160 valence electrons. The number of likely N-dealkylation sites (tertiary alicyclic amines) is 1. The van der Waals surface area contributed by atoms with Gasteiger partial charge in [-0.2, -0.15) is 0 Å². The Balaban J connectivity index is 1.58. The number of aryl methyl sites for hydroxylation is 1. The van der Waals surface area contributed by atoms with Crippen LogP contribution < -0.4 is 10.7 Å². The molecule has 8 heteroatoms. The molecule has 1 unspecified atom stereocenters. The summed E-state index contributed by atoms with van der Waals surface area (Å²) in [6.45, 7) is 9.44. The van der Waals surface area contributed by atoms with Crippen molar-refractivity contribution >= 4 is 22.2 Å². The van der Waals surface area contributed by atoms with Crippen LogP contribution in [0.4, 0.5) is 0 Å². The van der Waals surface area contributed by atoms with Crippen LogP contribution in [0, 0.1) is 6.92 Å². The van der Waals surface area contributed by atoms with E-state index in [0.29, 0.717) is 19.0 Å². The average Bonchev–Trinajstić information content (AvgIpc) is 3.43. The number of nitrogens with zero attached hydrogens (tertiary/aromatic N) is 4. The van der Waals surface area contributed by atoms with E-state index in [1.165, 1.54) is 6.42 Å². The molecule has 1 aliphatic heterocycles. The highest BCUT2D eigenvalue weighted by Crippen LogP contribution is 2.21. The average molecular weight is 428 g/mol. The zero-order chi connectivity index (χ0) is 21.3. The predicted molar refractivity (Wildman–Crippen MR) is 119 cm³/mol. The molecule has 0 bridgehead atoms. The molecule has 1 saturated heterocycles. The lowest BCUT2D eigenvalue weighted by Gasteiger charge is -2.27. The number of aromatic nitrogens is 3. The third-order valence-corrected chi connectivity index (χ3v) is 6.83. The van der Waals surface area contributed by atoms with E-state index in [4.69, 9.17) is 0 Å². The fourth-order valence-corrected chi connectivity index (χ4v) is 5.26. The summed E-state index contributed by atoms with van der Waals surface area (Å²) >= 11 is 1.55. The van der Waals surface area contributed by atoms with E-state index >= 15 is 0 Å². The normalized spacial score (nSPS) is 17.1. The summed E-state index contributed by atoms with van der Waals surface area (Å²) in [6.07, 6.45) is 6.84. The van der Waals surface area contributed by atoms with Gasteiger partial charge < -0.3 is 9.88 Å². The highest BCUT2D eigenvalue weighted by molar-refractivity contribution is 7.15. The van der Waals surface area contributed by atoms with Crippen LogP contribution >= 0.6 is 11.3 Å². The molecular formula is C22H29N5O2S. The number of likely N-dealkylation sites (N-methyl/N-ethyl adjacent to an activating group) is 1. The summed E-state index contributed by atoms with van der Waals surface area (Å²) in [5.41, 5.74) is 2.59. The molecule has 1 atom stereocenters. The Kier molecular flexibility index (Phi) is 6.06. The number of carbonyl (C=O) groups is 1. The molecule has 4 rings (SSSR count). The molecular weight excluding hydrogens is 398 g/mol. The Morgan fingerprint density at radius 2 is 2.20 bits per heavy atom. The second-order valence-electron chi connectivity index (χ2n) is 7.87. The molecule has 4 heterocycles. The molecule has 0 aromatic carbocycles. The van der Waals surface area contributed by atoms with Crippen LogP contribution in [0.15, 0.2) is 28.6 Å². The van der Waals surface area contributed by atoms with Crippen LogP contribution in [-0.2, 0) is 19.5 Å². The van der Waals surface area contributed by atoms with Crippen LogP contribution in [0.5, 0.6) is 0 Å². The zero-order valence-electron chi connectivity index (χ0n) is 17.9. The van der Waals surface area contributed by atoms with Crippen molar-refractivity contribution < 1.29 is 4.79 Å². The monoisotopic (exact) mass is 427 g/mol. The quantitative estimate of drug-likeness (QED) is 0.629. The predicted octanol–water partition coefficient (Wildman–Crippen LogP) is 2.84. The minimum atomic E-state index is -0.319. The number of nitrogens with one attached hydrogen (secondary N) is 1. The number of fused-ring (bicyclic) bond motifs is 1. The summed E-state index contributed by atoms with van der Waals surface area (Å²) in [6, 6.07) is 2.06. The number of pyridine rings is 1. The maximum absolute atomic E-state index is 13.0. The fourth-order valence-electron chi connectivity index (χ4n) is 4.54. The highest BCUT2D eigenvalue weighted by Gasteiger charge is 2.26. The Bertz CT molecular complexity index is 1080. The Hall–Kier alpha value is -2.45. The summed E-state index contributed by atoms with van der Waals surface area (Å²) in [7, 11) is 0. The van der Waals surface area contributed by atoms with Gasteiger partial charge in [-0.25, -0.2) is 4.98 Å². The number of hydrogen-bond donors (Lipinski definition) is 1. The first-order valence-corrected chi connectivity index (χ1v) is 11.6. The van der Waals surface area contributed by atoms with Gasteiger partial charge >= 0.3 is 0 Å². The lowest BCUT2D eigenvalue weighted by Crippen LogP contribution is -2.37. The molecule has 1 aliphatic rings. The molecule has 0 radical (unpaired) electrons. The Labute approximate surface area is 180 Å². The first-order valence-electron chi connectivity index (χ1n) is 10.7. The molecule has 0 saturated carbocycles. The van der Waals surface area contributed by atoms with E-state index in [1.807, 2.05) is 36.0 Å². The van der Waals surface area contributed by atoms with Crippen molar-refractivity contribution in [3.63, 3.8) is 0 Å². The molecule has 1 fully saturated rings. The maximum atomic E-state index is 13.0. The number of hydrogen-bond acceptors (Lipinski definition) is 5. The van der Waals surface area contributed by atoms with Crippen molar-refractivity contribution in [2.45, 2.75) is 59.2 Å². The van der Waals surface area contributed by atoms with Crippen molar-refractivity contribution in [1.29, 1.82) is 0 Å². The van der Waals surface area contributed by atoms with Crippen molar-refractivity contribution in [2.24, 2.45) is 0 Å². The zero-order valence-corrected chi connectivity index (χ0v) is 18.7. The third-order valence-electron chi connectivity index (χ3n) is 6.06. The highest BCUT2D eigenvalue weighted by atomic mass is 32.1. The number of carbonyl (C=O) groups excluding carboxylic acids is 1. The van der Waals surface area contributed by atoms with Gasteiger partial charge in [0.1, 0.15) is 5.56 Å². The molecule has 1 amide bonds. The van der Waals surface area contributed by atoms with Crippen LogP contribution in [0.3, 0.4) is 0 Å². The Morgan fingerprint density at radius 1 is 1.37 bits per heavy atom. The van der Waals surface area contributed by atoms with Crippen LogP contribution in [-0.4, -0.2) is 43.9 Å². The molecule has 3 aromatic rings. The van der Waals surface area contributed by atoms with E-state index in [9.17, 15) is 9.59 Å². The number of imidazole rings is 1. The lowest BCUT2D eigenvalue weighted by molar-refractivity contribution is 0.0947. The lowest BCUT2D eigenvalue weighted by atomic mass is 10.1. The van der Waals surface area contributed by atoms with Gasteiger partial charge in [-0.05, 0) is 39.3 Å². The third kappa shape index (κ3) is 3.94. The number of thiazole rings is 1. The van der Waals surface area contributed by atoms with Crippen molar-refractivity contribution in [2.75, 3.05) is 13.1 Å². The minimum Gasteiger partial charge on any atom is -0.346 e. The number of amides is 1. The van der Waals surface area contributed by atoms with Crippen molar-refractivity contribution in [1.82, 2.24) is 24.2 Å². The van der Waals surface area contributed by atoms with Gasteiger partial charge in [0.25, 0.3) is 5.91 Å². The molecule has 1 N–H and O–H groups in total. The van der Waals surface area contributed by atoms with Gasteiger partial charge in [-0.15, -0.1) is 11.3 Å². The second-order valence-corrected chi connectivity index (χ2v) is 8.74. The standard InChI is InChI=1S/C22H29N5O2S/c1-4-18-20(21(29)23-12-16-13-26-9-10-30-22(26)24-16)19(28)11-15(3)27(18)14-17-7-6-8-25(17)5-2/h9-11,13,17H,4-8,12,14H2,1-3H3,(H,23,29). The first-order chi connectivity index (χ1) is 14.5. The van der Waals surface area contributed by atoms with E-state index < -0.39 is 0 Å². The first kappa shape index (κ1) is 20.8. The van der Waals surface area contributed by atoms with Crippen LogP contribution in [0.1, 0.15) is 54.1 Å². The van der Waals surface area contributed by atoms with Crippen LogP contribution in [0.2, 0.25) is 0 Å². The largest absolute Gasteiger partial charge is 0.346 e. The fraction of sp³-hybridized carbons (Fsp3) is 0.500. The van der Waals surface area contributed by atoms with E-state index in [-0.39, 0.29) is 16.9 Å². The SMILES string of the molecule is CCc1c(C(=O)NCc2cn3ccsc3n2)c(=O)cc(C)n1CC1CCCN1CC. The van der Waals surface area contributed by atoms with Gasteiger partial charge in [0, 0.05) is 47.8 Å². The maximum Gasteiger partial charge on any atom is 0.257 e. The molecule has 30 heavy (non-hydrogen) atoms. The smallest absolute Gasteiger partial charge is 0.257 e. The van der Waals surface area contributed by atoms with E-state index in [0.717, 1.165) is 48.1 Å². The second kappa shape index (κ2) is 8.73. The molecule has 7 nitrogen and oxygen atoms in total.